The average molecular weight is 418 g/mol. The number of aliphatic hydroxyl groups is 1. The van der Waals surface area contributed by atoms with E-state index in [0.717, 1.165) is 25.7 Å². The van der Waals surface area contributed by atoms with Gasteiger partial charge in [0.05, 0.1) is 12.2 Å². The lowest BCUT2D eigenvalue weighted by Crippen LogP contribution is -2.43. The molecule has 0 aromatic heterocycles. The summed E-state index contributed by atoms with van der Waals surface area (Å²) in [5.41, 5.74) is 6.46. The number of fused-ring (bicyclic) bond motifs is 1. The van der Waals surface area contributed by atoms with E-state index in [1.54, 1.807) is 12.1 Å². The highest BCUT2D eigenvalue weighted by molar-refractivity contribution is 6.47. The van der Waals surface area contributed by atoms with Crippen LogP contribution in [0, 0.1) is 5.92 Å². The van der Waals surface area contributed by atoms with Gasteiger partial charge in [0.25, 0.3) is 0 Å². The van der Waals surface area contributed by atoms with Crippen LogP contribution < -0.4 is 15.7 Å². The summed E-state index contributed by atoms with van der Waals surface area (Å²) in [6, 6.07) is 5.01. The zero-order chi connectivity index (χ0) is 21.7. The largest absolute Gasteiger partial charge is 0.535 e. The molecule has 2 aliphatic rings. The second kappa shape index (κ2) is 10.4. The summed E-state index contributed by atoms with van der Waals surface area (Å²) in [5.74, 6) is -0.814. The number of carbonyl (C=O) groups excluding carboxylic acids is 1. The Bertz CT molecular complexity index is 753. The van der Waals surface area contributed by atoms with E-state index >= 15 is 0 Å². The van der Waals surface area contributed by atoms with Gasteiger partial charge in [-0.05, 0) is 49.7 Å². The third-order valence-electron chi connectivity index (χ3n) is 6.21. The summed E-state index contributed by atoms with van der Waals surface area (Å²) >= 11 is 0. The first-order chi connectivity index (χ1) is 14.4. The lowest BCUT2D eigenvalue weighted by molar-refractivity contribution is -0.120. The van der Waals surface area contributed by atoms with Crippen LogP contribution in [-0.4, -0.2) is 59.3 Å². The molecule has 9 heteroatoms. The van der Waals surface area contributed by atoms with E-state index in [-0.39, 0.29) is 42.0 Å². The highest BCUT2D eigenvalue weighted by Gasteiger charge is 2.38. The molecule has 30 heavy (non-hydrogen) atoms. The van der Waals surface area contributed by atoms with Crippen molar-refractivity contribution in [1.82, 2.24) is 5.32 Å². The normalized spacial score (nSPS) is 24.6. The summed E-state index contributed by atoms with van der Waals surface area (Å²) in [5, 5.41) is 32.0. The molecule has 6 N–H and O–H groups in total. The molecule has 1 aromatic rings. The molecule has 0 spiro atoms. The molecule has 1 heterocycles. The molecule has 0 amide bonds. The van der Waals surface area contributed by atoms with Crippen LogP contribution in [0.2, 0.25) is 5.82 Å². The fourth-order valence-corrected chi connectivity index (χ4v) is 4.48. The Morgan fingerprint density at radius 3 is 2.63 bits per heavy atom. The van der Waals surface area contributed by atoms with Crippen LogP contribution in [0.4, 0.5) is 0 Å². The van der Waals surface area contributed by atoms with Gasteiger partial charge in [-0.2, -0.15) is 0 Å². The summed E-state index contributed by atoms with van der Waals surface area (Å²) in [6.07, 6.45) is 5.03. The van der Waals surface area contributed by atoms with Crippen molar-refractivity contribution in [1.29, 1.82) is 0 Å². The molecule has 0 saturated heterocycles. The summed E-state index contributed by atoms with van der Waals surface area (Å²) < 4.78 is 5.48. The number of carbonyl (C=O) groups is 2. The third kappa shape index (κ3) is 5.82. The molecule has 1 saturated carbocycles. The van der Waals surface area contributed by atoms with Crippen LogP contribution in [0.15, 0.2) is 18.2 Å². The quantitative estimate of drug-likeness (QED) is 0.374. The molecule has 1 aliphatic carbocycles. The summed E-state index contributed by atoms with van der Waals surface area (Å²) in [7, 11) is -1.18. The minimum Gasteiger partial charge on any atom is -0.535 e. The van der Waals surface area contributed by atoms with Crippen LogP contribution in [0.3, 0.4) is 0 Å². The Labute approximate surface area is 176 Å². The average Bonchev–Trinajstić information content (AvgIpc) is 2.73. The molecule has 1 fully saturated rings. The van der Waals surface area contributed by atoms with Crippen molar-refractivity contribution in [3.63, 3.8) is 0 Å². The molecule has 164 valence electrons. The molecular formula is C21H31BN2O6. The first-order valence-electron chi connectivity index (χ1n) is 10.7. The van der Waals surface area contributed by atoms with Crippen molar-refractivity contribution >= 4 is 18.9 Å². The van der Waals surface area contributed by atoms with Crippen LogP contribution in [0.1, 0.15) is 54.4 Å². The van der Waals surface area contributed by atoms with E-state index in [9.17, 15) is 19.7 Å². The number of carboxylic acid groups (broad SMARTS) is 1. The van der Waals surface area contributed by atoms with E-state index in [4.69, 9.17) is 15.5 Å². The van der Waals surface area contributed by atoms with E-state index in [2.05, 4.69) is 5.32 Å². The standard InChI is InChI=1S/C21H31BN2O6/c23-16(12-25)11-24-17-6-4-13(5-7-17)8-18(26)10-15-9-14-2-1-3-19(21(27)28)20(14)30-22(15)29/h1-3,13,15-17,24-25,29H,4-12,23H2,(H,27,28)/t13?,15-,16+,17?/m1/s1. The smallest absolute Gasteiger partial charge is 0.526 e. The molecule has 8 nitrogen and oxygen atoms in total. The fourth-order valence-electron chi connectivity index (χ4n) is 4.48. The predicted octanol–water partition coefficient (Wildman–Crippen LogP) is 0.988. The van der Waals surface area contributed by atoms with Crippen molar-refractivity contribution in [2.75, 3.05) is 13.2 Å². The number of hydrogen-bond donors (Lipinski definition) is 5. The monoisotopic (exact) mass is 418 g/mol. The Hall–Kier alpha value is -1.94. The van der Waals surface area contributed by atoms with Crippen LogP contribution in [-0.2, 0) is 11.2 Å². The lowest BCUT2D eigenvalue weighted by Gasteiger charge is -2.31. The minimum absolute atomic E-state index is 0.0293. The number of aromatic carboxylic acids is 1. The first-order valence-corrected chi connectivity index (χ1v) is 10.7. The second-order valence-electron chi connectivity index (χ2n) is 8.59. The number of ketones is 1. The van der Waals surface area contributed by atoms with Gasteiger partial charge in [0.2, 0.25) is 0 Å². The van der Waals surface area contributed by atoms with E-state index in [1.165, 1.54) is 6.07 Å². The highest BCUT2D eigenvalue weighted by Crippen LogP contribution is 2.37. The van der Waals surface area contributed by atoms with Gasteiger partial charge >= 0.3 is 13.1 Å². The van der Waals surface area contributed by atoms with Gasteiger partial charge in [0.15, 0.2) is 0 Å². The van der Waals surface area contributed by atoms with Crippen molar-refractivity contribution in [2.24, 2.45) is 11.7 Å². The lowest BCUT2D eigenvalue weighted by atomic mass is 9.64. The number of hydrogen-bond acceptors (Lipinski definition) is 7. The Balaban J connectivity index is 1.47. The van der Waals surface area contributed by atoms with Gasteiger partial charge in [-0.3, -0.25) is 4.79 Å². The number of para-hydroxylation sites is 1. The topological polar surface area (TPSA) is 142 Å². The van der Waals surface area contributed by atoms with Crippen molar-refractivity contribution in [2.45, 2.75) is 62.8 Å². The Morgan fingerprint density at radius 1 is 1.23 bits per heavy atom. The number of aliphatic hydroxyl groups excluding tert-OH is 1. The van der Waals surface area contributed by atoms with Gasteiger partial charge in [-0.25, -0.2) is 4.79 Å². The molecule has 0 bridgehead atoms. The SMILES string of the molecule is N[C@H](CO)CNC1CCC(CC(=O)C[C@H]2Cc3cccc(C(=O)O)c3OB2O)CC1. The van der Waals surface area contributed by atoms with Gasteiger partial charge < -0.3 is 30.9 Å². The maximum Gasteiger partial charge on any atom is 0.526 e. The zero-order valence-corrected chi connectivity index (χ0v) is 17.1. The minimum atomic E-state index is -1.18. The molecule has 1 aromatic carbocycles. The maximum absolute atomic E-state index is 12.6. The second-order valence-corrected chi connectivity index (χ2v) is 8.59. The number of carboxylic acids is 1. The molecule has 0 unspecified atom stereocenters. The van der Waals surface area contributed by atoms with Crippen LogP contribution in [0.5, 0.6) is 5.75 Å². The van der Waals surface area contributed by atoms with Crippen molar-refractivity contribution in [3.8, 4) is 5.75 Å². The molecule has 3 rings (SSSR count). The number of rotatable bonds is 9. The third-order valence-corrected chi connectivity index (χ3v) is 6.21. The molecule has 2 atom stereocenters. The highest BCUT2D eigenvalue weighted by atomic mass is 16.5. The predicted molar refractivity (Wildman–Crippen MR) is 113 cm³/mol. The summed E-state index contributed by atoms with van der Waals surface area (Å²) in [4.78, 5) is 24.0. The Morgan fingerprint density at radius 2 is 1.97 bits per heavy atom. The number of benzene rings is 1. The van der Waals surface area contributed by atoms with E-state index in [0.29, 0.717) is 36.9 Å². The molecule has 0 radical (unpaired) electrons. The van der Waals surface area contributed by atoms with Gasteiger partial charge in [-0.1, -0.05) is 12.1 Å². The zero-order valence-electron chi connectivity index (χ0n) is 17.1. The van der Waals surface area contributed by atoms with Gasteiger partial charge in [-0.15, -0.1) is 0 Å². The molecular weight excluding hydrogens is 387 g/mol. The first kappa shape index (κ1) is 22.7. The van der Waals surface area contributed by atoms with Gasteiger partial charge in [0.1, 0.15) is 11.5 Å². The fraction of sp³-hybridized carbons (Fsp3) is 0.619. The Kier molecular flexibility index (Phi) is 7.88. The van der Waals surface area contributed by atoms with Crippen LogP contribution in [0.25, 0.3) is 0 Å². The number of nitrogens with two attached hydrogens (primary N) is 1. The number of nitrogens with one attached hydrogen (secondary N) is 1. The van der Waals surface area contributed by atoms with Crippen LogP contribution >= 0.6 is 0 Å². The van der Waals surface area contributed by atoms with E-state index < -0.39 is 13.1 Å². The number of Topliss-reactive ketones (excluding diaryl/α,β-unsaturated/α-hetero) is 1. The van der Waals surface area contributed by atoms with Crippen molar-refractivity contribution < 1.29 is 29.5 Å². The molecule has 1 aliphatic heterocycles. The van der Waals surface area contributed by atoms with Crippen molar-refractivity contribution in [3.05, 3.63) is 29.3 Å². The van der Waals surface area contributed by atoms with Gasteiger partial charge in [0, 0.05) is 37.3 Å². The summed E-state index contributed by atoms with van der Waals surface area (Å²) in [6.45, 7) is 0.561. The maximum atomic E-state index is 12.6. The van der Waals surface area contributed by atoms with E-state index in [1.807, 2.05) is 0 Å².